The Morgan fingerprint density at radius 2 is 0.985 bits per heavy atom. The number of anilines is 3. The van der Waals surface area contributed by atoms with E-state index in [-0.39, 0.29) is 5.41 Å². The molecule has 1 spiro atoms. The molecule has 1 aromatic heterocycles. The average molecular weight is 831 g/mol. The van der Waals surface area contributed by atoms with Crippen molar-refractivity contribution < 1.29 is 0 Å². The number of aromatic nitrogens is 1. The molecule has 16 rings (SSSR count). The molecule has 0 N–H and O–H groups in total. The van der Waals surface area contributed by atoms with Crippen molar-refractivity contribution in [2.24, 2.45) is 23.7 Å². The molecule has 0 saturated heterocycles. The highest BCUT2D eigenvalue weighted by Gasteiger charge is 2.66. The normalized spacial score (nSPS) is 21.4. The number of hydrogen-bond acceptors (Lipinski definition) is 1. The van der Waals surface area contributed by atoms with Gasteiger partial charge in [-0.3, -0.25) is 0 Å². The van der Waals surface area contributed by atoms with Crippen LogP contribution in [-0.4, -0.2) is 4.57 Å². The van der Waals surface area contributed by atoms with E-state index in [4.69, 9.17) is 0 Å². The highest BCUT2D eigenvalue weighted by molar-refractivity contribution is 6.10. The lowest BCUT2D eigenvalue weighted by Crippen LogP contribution is -2.41. The van der Waals surface area contributed by atoms with Crippen LogP contribution >= 0.6 is 0 Å². The maximum absolute atomic E-state index is 2.67. The predicted octanol–water partition coefficient (Wildman–Crippen LogP) is 16.6. The second-order valence-corrected chi connectivity index (χ2v) is 19.5. The van der Waals surface area contributed by atoms with Crippen molar-refractivity contribution in [1.82, 2.24) is 4.57 Å². The Balaban J connectivity index is 1.00. The summed E-state index contributed by atoms with van der Waals surface area (Å²) in [4.78, 5) is 2.58. The van der Waals surface area contributed by atoms with Crippen LogP contribution in [0, 0.1) is 23.7 Å². The zero-order valence-electron chi connectivity index (χ0n) is 36.2. The topological polar surface area (TPSA) is 8.17 Å². The van der Waals surface area contributed by atoms with E-state index in [1.165, 1.54) is 126 Å². The SMILES string of the molecule is c1ccc(N(c2ccc3c(c2)C2(c4c-3cccc4-n3c4ccccc4c4ccccc43)C3CC4CC(C3)C2C4)c2cccc3c2-c2ccccc2-c2ccccc2-c2ccccc2-3)cc1. The average Bonchev–Trinajstić information content (AvgIpc) is 4.03. The van der Waals surface area contributed by atoms with E-state index in [0.717, 1.165) is 11.8 Å². The van der Waals surface area contributed by atoms with Gasteiger partial charge in [0.2, 0.25) is 0 Å². The molecule has 5 atom stereocenters. The minimum atomic E-state index is -0.0649. The lowest BCUT2D eigenvalue weighted by molar-refractivity contribution is 0.190. The van der Waals surface area contributed by atoms with E-state index in [0.29, 0.717) is 11.8 Å². The molecule has 4 saturated carbocycles. The third kappa shape index (κ3) is 4.74. The van der Waals surface area contributed by atoms with Gasteiger partial charge in [0.25, 0.3) is 0 Å². The summed E-state index contributed by atoms with van der Waals surface area (Å²) < 4.78 is 2.63. The number of para-hydroxylation sites is 3. The van der Waals surface area contributed by atoms with Crippen molar-refractivity contribution in [3.05, 3.63) is 217 Å². The van der Waals surface area contributed by atoms with E-state index >= 15 is 0 Å². The summed E-state index contributed by atoms with van der Waals surface area (Å²) in [6.45, 7) is 0. The minimum Gasteiger partial charge on any atom is -0.310 e. The predicted molar refractivity (Wildman–Crippen MR) is 269 cm³/mol. The molecule has 0 aliphatic heterocycles. The molecule has 10 aromatic rings. The Morgan fingerprint density at radius 1 is 0.415 bits per heavy atom. The van der Waals surface area contributed by atoms with Crippen LogP contribution in [0.1, 0.15) is 36.8 Å². The summed E-state index contributed by atoms with van der Waals surface area (Å²) in [5, 5.41) is 2.65. The molecule has 1 heterocycles. The van der Waals surface area contributed by atoms with Crippen LogP contribution in [0.25, 0.3) is 83.1 Å². The van der Waals surface area contributed by atoms with Crippen molar-refractivity contribution >= 4 is 38.9 Å². The third-order valence-electron chi connectivity index (χ3n) is 16.7. The highest BCUT2D eigenvalue weighted by Crippen LogP contribution is 2.74. The van der Waals surface area contributed by atoms with Crippen molar-refractivity contribution in [2.75, 3.05) is 4.90 Å². The Morgan fingerprint density at radius 3 is 1.68 bits per heavy atom. The molecule has 308 valence electrons. The Labute approximate surface area is 380 Å². The Hall–Kier alpha value is -7.42. The first-order valence-corrected chi connectivity index (χ1v) is 23.8. The van der Waals surface area contributed by atoms with E-state index in [2.05, 4.69) is 216 Å². The molecule has 9 aromatic carbocycles. The van der Waals surface area contributed by atoms with Crippen molar-refractivity contribution in [1.29, 1.82) is 0 Å². The van der Waals surface area contributed by atoms with Crippen LogP contribution < -0.4 is 4.90 Å². The first-order valence-electron chi connectivity index (χ1n) is 23.8. The van der Waals surface area contributed by atoms with Gasteiger partial charge in [-0.2, -0.15) is 0 Å². The number of nitrogens with zero attached hydrogens (tertiary/aromatic N) is 2. The molecule has 5 unspecified atom stereocenters. The quantitative estimate of drug-likeness (QED) is 0.172. The van der Waals surface area contributed by atoms with Crippen molar-refractivity contribution in [2.45, 2.75) is 31.1 Å². The van der Waals surface area contributed by atoms with Gasteiger partial charge in [-0.15, -0.1) is 0 Å². The first kappa shape index (κ1) is 36.0. The highest BCUT2D eigenvalue weighted by atomic mass is 15.1. The number of hydrogen-bond donors (Lipinski definition) is 0. The van der Waals surface area contributed by atoms with Crippen LogP contribution in [0.2, 0.25) is 0 Å². The van der Waals surface area contributed by atoms with Gasteiger partial charge in [0.1, 0.15) is 0 Å². The molecule has 6 aliphatic rings. The largest absolute Gasteiger partial charge is 0.310 e. The van der Waals surface area contributed by atoms with Gasteiger partial charge in [0, 0.05) is 33.1 Å². The van der Waals surface area contributed by atoms with Crippen molar-refractivity contribution in [3.8, 4) is 61.3 Å². The molecule has 4 bridgehead atoms. The van der Waals surface area contributed by atoms with Gasteiger partial charge in [-0.05, 0) is 159 Å². The molecule has 0 radical (unpaired) electrons. The van der Waals surface area contributed by atoms with Crippen LogP contribution in [0.15, 0.2) is 206 Å². The fourth-order valence-electron chi connectivity index (χ4n) is 14.6. The lowest BCUT2D eigenvalue weighted by atomic mass is 9.59. The number of fused-ring (bicyclic) bond motifs is 14. The third-order valence-corrected chi connectivity index (χ3v) is 16.7. The molecule has 6 aliphatic carbocycles. The smallest absolute Gasteiger partial charge is 0.0546 e. The maximum atomic E-state index is 2.67. The number of rotatable bonds is 4. The zero-order chi connectivity index (χ0) is 42.4. The molecule has 0 amide bonds. The van der Waals surface area contributed by atoms with Gasteiger partial charge in [0.15, 0.2) is 0 Å². The van der Waals surface area contributed by atoms with E-state index < -0.39 is 0 Å². The first-order chi connectivity index (χ1) is 32.3. The molecular formula is C63H46N2. The summed E-state index contributed by atoms with van der Waals surface area (Å²) in [6.07, 6.45) is 5.38. The summed E-state index contributed by atoms with van der Waals surface area (Å²) in [5.41, 5.74) is 23.6. The van der Waals surface area contributed by atoms with E-state index in [9.17, 15) is 0 Å². The maximum Gasteiger partial charge on any atom is 0.0546 e. The molecular weight excluding hydrogens is 785 g/mol. The van der Waals surface area contributed by atoms with Crippen LogP contribution in [0.5, 0.6) is 0 Å². The summed E-state index contributed by atoms with van der Waals surface area (Å²) in [5.74, 6) is 2.86. The van der Waals surface area contributed by atoms with Gasteiger partial charge in [-0.25, -0.2) is 0 Å². The number of benzene rings is 9. The summed E-state index contributed by atoms with van der Waals surface area (Å²) >= 11 is 0. The van der Waals surface area contributed by atoms with Gasteiger partial charge < -0.3 is 9.47 Å². The fraction of sp³-hybridized carbons (Fsp3) is 0.143. The molecule has 65 heavy (non-hydrogen) atoms. The molecule has 2 nitrogen and oxygen atoms in total. The Bertz CT molecular complexity index is 3550. The Kier molecular flexibility index (Phi) is 7.37. The standard InChI is InChI=1S/C63H46N2/c1-2-16-42(17-3-1)64(59-30-14-26-53-48-21-7-6-20-46(48)44-18-4-5-19-45(44)47-22-8-9-25-52(47)61(53)59)43-32-33-49-54-27-15-31-60(65-57-28-12-10-23-50(57)51-24-11-13-29-58(51)65)62(54)63(56(49)38-43)41-35-39-34-40(37-41)55(63)36-39/h1-33,38-41,55H,34-37H2. The fourth-order valence-corrected chi connectivity index (χ4v) is 14.6. The molecule has 2 heteroatoms. The van der Waals surface area contributed by atoms with Crippen LogP contribution in [0.3, 0.4) is 0 Å². The monoisotopic (exact) mass is 830 g/mol. The van der Waals surface area contributed by atoms with Gasteiger partial charge in [-0.1, -0.05) is 158 Å². The van der Waals surface area contributed by atoms with E-state index in [1.54, 1.807) is 11.1 Å². The zero-order valence-corrected chi connectivity index (χ0v) is 36.2. The van der Waals surface area contributed by atoms with E-state index in [1.807, 2.05) is 0 Å². The lowest BCUT2D eigenvalue weighted by Gasteiger charge is -2.45. The van der Waals surface area contributed by atoms with Crippen molar-refractivity contribution in [3.63, 3.8) is 0 Å². The van der Waals surface area contributed by atoms with Crippen LogP contribution in [-0.2, 0) is 5.41 Å². The second kappa shape index (κ2) is 13.3. The minimum absolute atomic E-state index is 0.0649. The van der Waals surface area contributed by atoms with Gasteiger partial charge in [0.05, 0.1) is 22.4 Å². The summed E-state index contributed by atoms with van der Waals surface area (Å²) in [7, 11) is 0. The molecule has 4 fully saturated rings. The second-order valence-electron chi connectivity index (χ2n) is 19.5. The van der Waals surface area contributed by atoms with Crippen LogP contribution in [0.4, 0.5) is 17.1 Å². The van der Waals surface area contributed by atoms with Gasteiger partial charge >= 0.3 is 0 Å². The summed E-state index contributed by atoms with van der Waals surface area (Å²) in [6, 6.07) is 78.3.